The first-order valence-corrected chi connectivity index (χ1v) is 14.4. The van der Waals surface area contributed by atoms with Gasteiger partial charge in [0.05, 0.1) is 24.5 Å². The van der Waals surface area contributed by atoms with Crippen molar-refractivity contribution >= 4 is 56.8 Å². The zero-order valence-electron chi connectivity index (χ0n) is 20.1. The van der Waals surface area contributed by atoms with E-state index in [1.54, 1.807) is 18.5 Å². The molecule has 1 fully saturated rings. The monoisotopic (exact) mass is 632 g/mol. The van der Waals surface area contributed by atoms with E-state index in [0.29, 0.717) is 26.6 Å². The number of aromatic nitrogens is 1. The summed E-state index contributed by atoms with van der Waals surface area (Å²) < 4.78 is 48.7. The van der Waals surface area contributed by atoms with Gasteiger partial charge in [0.25, 0.3) is 5.92 Å². The number of nitrogens with one attached hydrogen (secondary N) is 1. The van der Waals surface area contributed by atoms with Gasteiger partial charge in [-0.1, -0.05) is 22.0 Å². The smallest absolute Gasteiger partial charge is 0.338 e. The van der Waals surface area contributed by atoms with Gasteiger partial charge >= 0.3 is 11.9 Å². The van der Waals surface area contributed by atoms with Crippen LogP contribution >= 0.6 is 39.0 Å². The molecule has 2 N–H and O–H groups in total. The van der Waals surface area contributed by atoms with Gasteiger partial charge in [-0.15, -0.1) is 23.1 Å². The SMILES string of the molecule is CCOC(=O)C1=C(CN2CC(F)(F)CC2CSCC(=O)O)NC(c2nccs2)=NC1c1ccc(F)cc1Br. The molecule has 1 aromatic heterocycles. The molecule has 2 aliphatic rings. The van der Waals surface area contributed by atoms with E-state index < -0.39 is 48.7 Å². The number of benzene rings is 1. The average Bonchev–Trinajstić information content (AvgIpc) is 3.46. The summed E-state index contributed by atoms with van der Waals surface area (Å²) in [7, 11) is 0. The summed E-state index contributed by atoms with van der Waals surface area (Å²) in [4.78, 5) is 34.8. The number of amidine groups is 1. The third kappa shape index (κ3) is 6.77. The van der Waals surface area contributed by atoms with Gasteiger partial charge in [0.15, 0.2) is 10.8 Å². The number of likely N-dealkylation sites (tertiary alicyclic amines) is 1. The predicted molar refractivity (Wildman–Crippen MR) is 142 cm³/mol. The van der Waals surface area contributed by atoms with Crippen molar-refractivity contribution in [1.29, 1.82) is 0 Å². The summed E-state index contributed by atoms with van der Waals surface area (Å²) in [6, 6.07) is 2.46. The second-order valence-electron chi connectivity index (χ2n) is 8.65. The fourth-order valence-electron chi connectivity index (χ4n) is 4.37. The van der Waals surface area contributed by atoms with E-state index in [4.69, 9.17) is 14.8 Å². The third-order valence-corrected chi connectivity index (χ3v) is 8.43. The van der Waals surface area contributed by atoms with Crippen LogP contribution in [0.25, 0.3) is 0 Å². The van der Waals surface area contributed by atoms with Crippen LogP contribution in [0.3, 0.4) is 0 Å². The number of carboxylic acid groups (broad SMARTS) is 1. The number of thiazole rings is 1. The lowest BCUT2D eigenvalue weighted by Crippen LogP contribution is -2.42. The highest BCUT2D eigenvalue weighted by molar-refractivity contribution is 9.10. The summed E-state index contributed by atoms with van der Waals surface area (Å²) in [5, 5.41) is 14.4. The Morgan fingerprint density at radius 1 is 1.39 bits per heavy atom. The van der Waals surface area contributed by atoms with Crippen LogP contribution in [0, 0.1) is 5.82 Å². The molecule has 2 aliphatic heterocycles. The Hall–Kier alpha value is -2.42. The number of aliphatic carboxylic acids is 1. The van der Waals surface area contributed by atoms with Gasteiger partial charge in [0.1, 0.15) is 11.9 Å². The van der Waals surface area contributed by atoms with Crippen molar-refractivity contribution in [1.82, 2.24) is 15.2 Å². The lowest BCUT2D eigenvalue weighted by molar-refractivity contribution is -0.139. The highest BCUT2D eigenvalue weighted by Gasteiger charge is 2.46. The second kappa shape index (κ2) is 12.2. The average molecular weight is 634 g/mol. The van der Waals surface area contributed by atoms with E-state index in [9.17, 15) is 22.8 Å². The minimum atomic E-state index is -2.97. The van der Waals surface area contributed by atoms with Gasteiger partial charge in [-0.05, 0) is 24.6 Å². The second-order valence-corrected chi connectivity index (χ2v) is 11.4. The Balaban J connectivity index is 1.76. The zero-order chi connectivity index (χ0) is 27.4. The Bertz CT molecular complexity index is 1260. The summed E-state index contributed by atoms with van der Waals surface area (Å²) >= 11 is 5.73. The van der Waals surface area contributed by atoms with Crippen molar-refractivity contribution in [2.45, 2.75) is 31.4 Å². The van der Waals surface area contributed by atoms with E-state index in [0.717, 1.165) is 11.8 Å². The zero-order valence-corrected chi connectivity index (χ0v) is 23.3. The third-order valence-electron chi connectivity index (χ3n) is 5.90. The molecule has 2 atom stereocenters. The largest absolute Gasteiger partial charge is 0.481 e. The van der Waals surface area contributed by atoms with Crippen LogP contribution in [0.2, 0.25) is 0 Å². The number of aliphatic imine (C=N–C) groups is 1. The summed E-state index contributed by atoms with van der Waals surface area (Å²) in [6.45, 7) is 1.10. The lowest BCUT2D eigenvalue weighted by atomic mass is 9.95. The molecule has 0 spiro atoms. The van der Waals surface area contributed by atoms with E-state index in [1.165, 1.54) is 34.4 Å². The van der Waals surface area contributed by atoms with Crippen molar-refractivity contribution in [3.8, 4) is 0 Å². The number of hydrogen-bond acceptors (Lipinski definition) is 9. The molecular weight excluding hydrogens is 609 g/mol. The van der Waals surface area contributed by atoms with Crippen LogP contribution < -0.4 is 5.32 Å². The van der Waals surface area contributed by atoms with Gasteiger partial charge in [-0.2, -0.15) is 0 Å². The molecule has 0 radical (unpaired) electrons. The first kappa shape index (κ1) is 28.6. The minimum absolute atomic E-state index is 0.0677. The Morgan fingerprint density at radius 3 is 2.84 bits per heavy atom. The molecule has 204 valence electrons. The molecule has 3 heterocycles. The minimum Gasteiger partial charge on any atom is -0.481 e. The molecule has 2 unspecified atom stereocenters. The van der Waals surface area contributed by atoms with Crippen LogP contribution in [0.15, 0.2) is 50.5 Å². The van der Waals surface area contributed by atoms with Crippen LogP contribution in [0.1, 0.15) is 30.0 Å². The van der Waals surface area contributed by atoms with E-state index in [-0.39, 0.29) is 30.2 Å². The summed E-state index contributed by atoms with van der Waals surface area (Å²) in [5.41, 5.74) is 0.922. The van der Waals surface area contributed by atoms with Crippen molar-refractivity contribution in [2.24, 2.45) is 4.99 Å². The number of hydrogen-bond donors (Lipinski definition) is 2. The van der Waals surface area contributed by atoms with E-state index in [2.05, 4.69) is 26.2 Å². The normalized spacial score (nSPS) is 21.2. The van der Waals surface area contributed by atoms with Gasteiger partial charge < -0.3 is 15.2 Å². The number of rotatable bonds is 10. The molecule has 0 aliphatic carbocycles. The van der Waals surface area contributed by atoms with Gasteiger partial charge in [-0.3, -0.25) is 14.7 Å². The molecule has 0 bridgehead atoms. The van der Waals surface area contributed by atoms with Crippen LogP contribution in [0.4, 0.5) is 13.2 Å². The fraction of sp³-hybridized carbons (Fsp3) is 0.417. The highest BCUT2D eigenvalue weighted by atomic mass is 79.9. The van der Waals surface area contributed by atoms with Crippen molar-refractivity contribution in [3.05, 3.63) is 61.9 Å². The van der Waals surface area contributed by atoms with Crippen LogP contribution in [0.5, 0.6) is 0 Å². The van der Waals surface area contributed by atoms with E-state index in [1.807, 2.05) is 0 Å². The number of ether oxygens (including phenoxy) is 1. The Kier molecular flexibility index (Phi) is 9.16. The maximum atomic E-state index is 14.5. The topological polar surface area (TPSA) is 104 Å². The maximum absolute atomic E-state index is 14.5. The summed E-state index contributed by atoms with van der Waals surface area (Å²) in [6.07, 6.45) is 1.16. The molecule has 38 heavy (non-hydrogen) atoms. The number of thioether (sulfide) groups is 1. The van der Waals surface area contributed by atoms with Crippen molar-refractivity contribution in [3.63, 3.8) is 0 Å². The van der Waals surface area contributed by atoms with Gasteiger partial charge in [-0.25, -0.2) is 22.9 Å². The van der Waals surface area contributed by atoms with Gasteiger partial charge in [0, 0.05) is 46.5 Å². The number of carboxylic acids is 1. The molecule has 2 aromatic rings. The quantitative estimate of drug-likeness (QED) is 0.370. The first-order chi connectivity index (χ1) is 18.1. The Morgan fingerprint density at radius 2 is 2.18 bits per heavy atom. The molecule has 1 saturated heterocycles. The Labute approximate surface area is 233 Å². The lowest BCUT2D eigenvalue weighted by Gasteiger charge is -2.31. The van der Waals surface area contributed by atoms with Crippen LogP contribution in [-0.4, -0.2) is 75.9 Å². The van der Waals surface area contributed by atoms with E-state index >= 15 is 0 Å². The van der Waals surface area contributed by atoms with Crippen LogP contribution in [-0.2, 0) is 14.3 Å². The standard InChI is InChI=1S/C24H24BrF3N4O4S2/c1-2-36-23(35)19-17(9-32-12-24(27,28)8-14(32)10-37-11-18(33)34)30-21(22-29-5-6-38-22)31-20(19)15-4-3-13(26)7-16(15)25/h3-7,14,20H,2,8-12H2,1H3,(H,30,31)(H,33,34). The molecule has 0 saturated carbocycles. The fourth-order valence-corrected chi connectivity index (χ4v) is 6.41. The molecule has 8 nitrogen and oxygen atoms in total. The molecule has 1 aromatic carbocycles. The molecule has 4 rings (SSSR count). The number of nitrogens with zero attached hydrogens (tertiary/aromatic N) is 3. The summed E-state index contributed by atoms with van der Waals surface area (Å²) in [5.74, 6) is -4.84. The van der Waals surface area contributed by atoms with Crippen molar-refractivity contribution in [2.75, 3.05) is 31.2 Å². The van der Waals surface area contributed by atoms with Gasteiger partial charge in [0.2, 0.25) is 0 Å². The highest BCUT2D eigenvalue weighted by Crippen LogP contribution is 2.39. The first-order valence-electron chi connectivity index (χ1n) is 11.6. The number of halogens is 4. The number of carbonyl (C=O) groups excluding carboxylic acids is 1. The predicted octanol–water partition coefficient (Wildman–Crippen LogP) is 4.48. The molecular formula is C24H24BrF3N4O4S2. The number of esters is 1. The number of alkyl halides is 2. The molecule has 14 heteroatoms. The maximum Gasteiger partial charge on any atom is 0.338 e. The molecule has 0 amide bonds. The van der Waals surface area contributed by atoms with Crippen molar-refractivity contribution < 1.29 is 32.6 Å². The number of carbonyl (C=O) groups is 2.